The summed E-state index contributed by atoms with van der Waals surface area (Å²) in [6.45, 7) is 12.9. The zero-order valence-corrected chi connectivity index (χ0v) is 14.1. The molecule has 0 aliphatic carbocycles. The van der Waals surface area contributed by atoms with Gasteiger partial charge in [-0.1, -0.05) is 27.7 Å². The molecule has 2 fully saturated rings. The highest BCUT2D eigenvalue weighted by Crippen LogP contribution is 2.41. The van der Waals surface area contributed by atoms with E-state index in [1.54, 1.807) is 0 Å². The summed E-state index contributed by atoms with van der Waals surface area (Å²) in [6.07, 6.45) is 5.38. The Morgan fingerprint density at radius 1 is 1.26 bits per heavy atom. The minimum absolute atomic E-state index is 0.302. The lowest BCUT2D eigenvalue weighted by Gasteiger charge is -2.40. The zero-order valence-electron chi connectivity index (χ0n) is 13.2. The fourth-order valence-electron chi connectivity index (χ4n) is 3.88. The van der Waals surface area contributed by atoms with Crippen LogP contribution in [0.5, 0.6) is 0 Å². The van der Waals surface area contributed by atoms with Crippen molar-refractivity contribution in [2.75, 3.05) is 25.4 Å². The predicted octanol–water partition coefficient (Wildman–Crippen LogP) is 3.36. The third kappa shape index (κ3) is 3.48. The molecule has 2 aliphatic rings. The SMILES string of the molecule is CC1CC(CN)(N2CCCC(C(C)(C)C)CC2)CS1. The van der Waals surface area contributed by atoms with Crippen LogP contribution >= 0.6 is 11.8 Å². The maximum absolute atomic E-state index is 6.18. The number of likely N-dealkylation sites (tertiary alicyclic amines) is 1. The van der Waals surface area contributed by atoms with Crippen LogP contribution in [0.2, 0.25) is 0 Å². The van der Waals surface area contributed by atoms with Gasteiger partial charge in [0.2, 0.25) is 0 Å². The van der Waals surface area contributed by atoms with E-state index in [1.165, 1.54) is 44.5 Å². The summed E-state index contributed by atoms with van der Waals surface area (Å²) in [7, 11) is 0. The maximum atomic E-state index is 6.18. The minimum atomic E-state index is 0.302. The second kappa shape index (κ2) is 5.95. The van der Waals surface area contributed by atoms with Crippen molar-refractivity contribution >= 4 is 11.8 Å². The normalized spacial score (nSPS) is 38.4. The molecule has 3 heteroatoms. The zero-order chi connectivity index (χ0) is 14.1. The molecule has 3 unspecified atom stereocenters. The highest BCUT2D eigenvalue weighted by Gasteiger charge is 2.42. The van der Waals surface area contributed by atoms with E-state index in [0.29, 0.717) is 11.0 Å². The van der Waals surface area contributed by atoms with Crippen LogP contribution in [0.25, 0.3) is 0 Å². The Bertz CT molecular complexity index is 300. The van der Waals surface area contributed by atoms with Crippen molar-refractivity contribution in [2.24, 2.45) is 17.1 Å². The number of hydrogen-bond donors (Lipinski definition) is 1. The van der Waals surface area contributed by atoms with Crippen molar-refractivity contribution in [2.45, 2.75) is 64.2 Å². The average Bonchev–Trinajstić information content (AvgIpc) is 2.58. The van der Waals surface area contributed by atoms with E-state index in [2.05, 4.69) is 44.4 Å². The Hall–Kier alpha value is 0.270. The highest BCUT2D eigenvalue weighted by atomic mass is 32.2. The lowest BCUT2D eigenvalue weighted by molar-refractivity contribution is 0.111. The third-order valence-electron chi connectivity index (χ3n) is 5.31. The molecule has 0 bridgehead atoms. The Labute approximate surface area is 123 Å². The lowest BCUT2D eigenvalue weighted by atomic mass is 9.76. The van der Waals surface area contributed by atoms with Crippen molar-refractivity contribution in [3.8, 4) is 0 Å². The molecule has 0 radical (unpaired) electrons. The molecule has 0 aromatic heterocycles. The fraction of sp³-hybridized carbons (Fsp3) is 1.00. The summed E-state index contributed by atoms with van der Waals surface area (Å²) in [5, 5.41) is 0.783. The average molecular weight is 285 g/mol. The van der Waals surface area contributed by atoms with Gasteiger partial charge in [-0.3, -0.25) is 4.90 Å². The second-order valence-electron chi connectivity index (χ2n) is 7.74. The molecule has 3 atom stereocenters. The molecule has 0 amide bonds. The van der Waals surface area contributed by atoms with E-state index < -0.39 is 0 Å². The summed E-state index contributed by atoms with van der Waals surface area (Å²) in [5.74, 6) is 2.11. The molecule has 2 N–H and O–H groups in total. The first kappa shape index (κ1) is 15.7. The minimum Gasteiger partial charge on any atom is -0.329 e. The lowest BCUT2D eigenvalue weighted by Crippen LogP contribution is -2.54. The molecule has 112 valence electrons. The summed E-state index contributed by atoms with van der Waals surface area (Å²) >= 11 is 2.11. The van der Waals surface area contributed by atoms with Gasteiger partial charge in [0, 0.05) is 23.1 Å². The van der Waals surface area contributed by atoms with Gasteiger partial charge >= 0.3 is 0 Å². The molecule has 2 nitrogen and oxygen atoms in total. The Kier molecular flexibility index (Phi) is 4.90. The van der Waals surface area contributed by atoms with E-state index in [0.717, 1.165) is 17.7 Å². The largest absolute Gasteiger partial charge is 0.329 e. The number of nitrogens with zero attached hydrogens (tertiary/aromatic N) is 1. The van der Waals surface area contributed by atoms with Gasteiger partial charge in [-0.15, -0.1) is 0 Å². The van der Waals surface area contributed by atoms with Crippen LogP contribution in [-0.2, 0) is 0 Å². The van der Waals surface area contributed by atoms with Crippen molar-refractivity contribution in [1.29, 1.82) is 0 Å². The predicted molar refractivity (Wildman–Crippen MR) is 86.7 cm³/mol. The van der Waals surface area contributed by atoms with Crippen LogP contribution < -0.4 is 5.73 Å². The van der Waals surface area contributed by atoms with Crippen LogP contribution in [-0.4, -0.2) is 41.1 Å². The van der Waals surface area contributed by atoms with Gasteiger partial charge in [0.15, 0.2) is 0 Å². The van der Waals surface area contributed by atoms with Gasteiger partial charge in [0.1, 0.15) is 0 Å². The van der Waals surface area contributed by atoms with Crippen molar-refractivity contribution in [3.05, 3.63) is 0 Å². The van der Waals surface area contributed by atoms with E-state index in [1.807, 2.05) is 0 Å². The maximum Gasteiger partial charge on any atom is 0.0432 e. The quantitative estimate of drug-likeness (QED) is 0.843. The number of nitrogens with two attached hydrogens (primary N) is 1. The summed E-state index contributed by atoms with van der Waals surface area (Å²) in [6, 6.07) is 0. The highest BCUT2D eigenvalue weighted by molar-refractivity contribution is 8.00. The Morgan fingerprint density at radius 2 is 2.00 bits per heavy atom. The monoisotopic (exact) mass is 284 g/mol. The molecule has 0 spiro atoms. The van der Waals surface area contributed by atoms with Gasteiger partial charge in [0.25, 0.3) is 0 Å². The van der Waals surface area contributed by atoms with E-state index in [-0.39, 0.29) is 0 Å². The number of hydrogen-bond acceptors (Lipinski definition) is 3. The molecule has 0 aromatic rings. The molecule has 2 saturated heterocycles. The van der Waals surface area contributed by atoms with E-state index in [4.69, 9.17) is 5.73 Å². The molecular weight excluding hydrogens is 252 g/mol. The standard InChI is InChI=1S/C16H32N2S/c1-13-10-16(11-17,12-19-13)18-8-5-6-14(7-9-18)15(2,3)4/h13-14H,5-12,17H2,1-4H3. The van der Waals surface area contributed by atoms with Crippen molar-refractivity contribution in [1.82, 2.24) is 4.90 Å². The van der Waals surface area contributed by atoms with Gasteiger partial charge < -0.3 is 5.73 Å². The van der Waals surface area contributed by atoms with Gasteiger partial charge in [-0.2, -0.15) is 11.8 Å². The molecule has 2 rings (SSSR count). The molecule has 0 saturated carbocycles. The molecule has 2 aliphatic heterocycles. The van der Waals surface area contributed by atoms with Gasteiger partial charge in [0.05, 0.1) is 0 Å². The van der Waals surface area contributed by atoms with Crippen LogP contribution in [0.4, 0.5) is 0 Å². The van der Waals surface area contributed by atoms with Crippen LogP contribution in [0.1, 0.15) is 53.4 Å². The van der Waals surface area contributed by atoms with Gasteiger partial charge in [-0.05, 0) is 50.1 Å². The van der Waals surface area contributed by atoms with Crippen LogP contribution in [0.3, 0.4) is 0 Å². The van der Waals surface area contributed by atoms with E-state index in [9.17, 15) is 0 Å². The fourth-order valence-corrected chi connectivity index (χ4v) is 5.32. The summed E-state index contributed by atoms with van der Waals surface area (Å²) < 4.78 is 0. The first-order chi connectivity index (χ1) is 8.87. The second-order valence-corrected chi connectivity index (χ2v) is 9.16. The molecular formula is C16H32N2S. The molecule has 2 heterocycles. The Balaban J connectivity index is 2.02. The van der Waals surface area contributed by atoms with Crippen LogP contribution in [0, 0.1) is 11.3 Å². The van der Waals surface area contributed by atoms with Crippen molar-refractivity contribution < 1.29 is 0 Å². The topological polar surface area (TPSA) is 29.3 Å². The number of rotatable bonds is 2. The third-order valence-corrected chi connectivity index (χ3v) is 6.75. The van der Waals surface area contributed by atoms with Gasteiger partial charge in [-0.25, -0.2) is 0 Å². The van der Waals surface area contributed by atoms with E-state index >= 15 is 0 Å². The summed E-state index contributed by atoms with van der Waals surface area (Å²) in [4.78, 5) is 2.75. The Morgan fingerprint density at radius 3 is 2.53 bits per heavy atom. The van der Waals surface area contributed by atoms with Crippen LogP contribution in [0.15, 0.2) is 0 Å². The molecule has 19 heavy (non-hydrogen) atoms. The first-order valence-electron chi connectivity index (χ1n) is 7.94. The smallest absolute Gasteiger partial charge is 0.0432 e. The number of thioether (sulfide) groups is 1. The van der Waals surface area contributed by atoms with Crippen molar-refractivity contribution in [3.63, 3.8) is 0 Å². The molecule has 0 aromatic carbocycles. The first-order valence-corrected chi connectivity index (χ1v) is 8.99. The summed E-state index contributed by atoms with van der Waals surface area (Å²) in [5.41, 5.74) is 6.94.